The third-order valence-corrected chi connectivity index (χ3v) is 2.19. The zero-order valence-corrected chi connectivity index (χ0v) is 10.0. The second-order valence-electron chi connectivity index (χ2n) is 3.58. The monoisotopic (exact) mass is 256 g/mol. The zero-order valence-electron chi connectivity index (χ0n) is 10.0. The van der Waals surface area contributed by atoms with Crippen LogP contribution < -0.4 is 0 Å². The smallest absolute Gasteiger partial charge is 0.330 e. The van der Waals surface area contributed by atoms with Gasteiger partial charge in [0.25, 0.3) is 0 Å². The number of carbonyl (C=O) groups excluding carboxylic acids is 2. The summed E-state index contributed by atoms with van der Waals surface area (Å²) in [6, 6.07) is 0. The Morgan fingerprint density at radius 1 is 1.00 bits per heavy atom. The molecule has 1 aliphatic heterocycles. The van der Waals surface area contributed by atoms with Crippen molar-refractivity contribution in [3.8, 4) is 0 Å². The Hall–Kier alpha value is -1.66. The number of rotatable bonds is 6. The minimum absolute atomic E-state index is 0.115. The van der Waals surface area contributed by atoms with Gasteiger partial charge in [-0.25, -0.2) is 9.59 Å². The lowest BCUT2D eigenvalue weighted by Gasteiger charge is -2.28. The lowest BCUT2D eigenvalue weighted by atomic mass is 10.3. The van der Waals surface area contributed by atoms with Crippen LogP contribution in [-0.2, 0) is 28.5 Å². The highest BCUT2D eigenvalue weighted by Crippen LogP contribution is 2.08. The molecular formula is C12H16O6. The van der Waals surface area contributed by atoms with Crippen LogP contribution in [0.15, 0.2) is 25.3 Å². The average molecular weight is 256 g/mol. The van der Waals surface area contributed by atoms with E-state index in [-0.39, 0.29) is 38.6 Å². The summed E-state index contributed by atoms with van der Waals surface area (Å²) < 4.78 is 20.4. The first-order valence-corrected chi connectivity index (χ1v) is 5.47. The summed E-state index contributed by atoms with van der Waals surface area (Å²) in [6.07, 6.45) is 1.56. The molecule has 100 valence electrons. The molecule has 0 aromatic rings. The normalized spacial score (nSPS) is 22.9. The minimum Gasteiger partial charge on any atom is -0.460 e. The van der Waals surface area contributed by atoms with Gasteiger partial charge >= 0.3 is 11.9 Å². The Morgan fingerprint density at radius 3 is 1.67 bits per heavy atom. The van der Waals surface area contributed by atoms with Gasteiger partial charge in [0.1, 0.15) is 25.4 Å². The Morgan fingerprint density at radius 2 is 1.39 bits per heavy atom. The van der Waals surface area contributed by atoms with Crippen molar-refractivity contribution in [1.82, 2.24) is 0 Å². The highest BCUT2D eigenvalue weighted by Gasteiger charge is 2.24. The van der Waals surface area contributed by atoms with Gasteiger partial charge in [-0.3, -0.25) is 0 Å². The topological polar surface area (TPSA) is 71.1 Å². The maximum Gasteiger partial charge on any atom is 0.330 e. The van der Waals surface area contributed by atoms with E-state index in [4.69, 9.17) is 18.9 Å². The quantitative estimate of drug-likeness (QED) is 0.500. The van der Waals surface area contributed by atoms with Gasteiger partial charge in [-0.15, -0.1) is 0 Å². The summed E-state index contributed by atoms with van der Waals surface area (Å²) in [5.41, 5.74) is 0. The average Bonchev–Trinajstić information content (AvgIpc) is 2.43. The fourth-order valence-corrected chi connectivity index (χ4v) is 1.24. The molecule has 2 atom stereocenters. The molecule has 0 radical (unpaired) electrons. The predicted octanol–water partition coefficient (Wildman–Crippen LogP) is 0.229. The van der Waals surface area contributed by atoms with Crippen LogP contribution in [0.2, 0.25) is 0 Å². The van der Waals surface area contributed by atoms with Crippen LogP contribution in [-0.4, -0.2) is 50.6 Å². The maximum absolute atomic E-state index is 10.8. The molecule has 18 heavy (non-hydrogen) atoms. The summed E-state index contributed by atoms with van der Waals surface area (Å²) in [7, 11) is 0. The highest BCUT2D eigenvalue weighted by molar-refractivity contribution is 5.81. The summed E-state index contributed by atoms with van der Waals surface area (Å²) in [4.78, 5) is 21.7. The molecule has 1 saturated heterocycles. The fraction of sp³-hybridized carbons (Fsp3) is 0.500. The standard InChI is InChI=1S/C12H16O6/c1-3-11(13)17-7-9-5-16-10(6-15-9)8-18-12(14)4-2/h3-4,9-10H,1-2,5-8H2. The summed E-state index contributed by atoms with van der Waals surface area (Å²) in [5, 5.41) is 0. The molecule has 1 fully saturated rings. The van der Waals surface area contributed by atoms with Crippen molar-refractivity contribution in [2.75, 3.05) is 26.4 Å². The van der Waals surface area contributed by atoms with Gasteiger partial charge < -0.3 is 18.9 Å². The van der Waals surface area contributed by atoms with Gasteiger partial charge in [-0.2, -0.15) is 0 Å². The van der Waals surface area contributed by atoms with Crippen molar-refractivity contribution in [1.29, 1.82) is 0 Å². The van der Waals surface area contributed by atoms with Crippen molar-refractivity contribution in [2.45, 2.75) is 12.2 Å². The summed E-state index contributed by atoms with van der Waals surface area (Å²) >= 11 is 0. The van der Waals surface area contributed by atoms with Gasteiger partial charge in [-0.05, 0) is 0 Å². The molecule has 1 aliphatic rings. The molecule has 0 aromatic heterocycles. The van der Waals surface area contributed by atoms with Gasteiger partial charge in [0, 0.05) is 12.2 Å². The van der Waals surface area contributed by atoms with E-state index in [1.807, 2.05) is 0 Å². The number of hydrogen-bond acceptors (Lipinski definition) is 6. The maximum atomic E-state index is 10.8. The lowest BCUT2D eigenvalue weighted by molar-refractivity contribution is -0.176. The van der Waals surface area contributed by atoms with Gasteiger partial charge in [-0.1, -0.05) is 13.2 Å². The number of esters is 2. The van der Waals surface area contributed by atoms with E-state index in [1.165, 1.54) is 0 Å². The number of carbonyl (C=O) groups is 2. The van der Waals surface area contributed by atoms with Crippen LogP contribution in [0, 0.1) is 0 Å². The van der Waals surface area contributed by atoms with Crippen LogP contribution in [0.3, 0.4) is 0 Å². The van der Waals surface area contributed by atoms with E-state index >= 15 is 0 Å². The van der Waals surface area contributed by atoms with Crippen LogP contribution in [0.5, 0.6) is 0 Å². The second-order valence-corrected chi connectivity index (χ2v) is 3.58. The third-order valence-electron chi connectivity index (χ3n) is 2.19. The van der Waals surface area contributed by atoms with E-state index in [1.54, 1.807) is 0 Å². The molecule has 1 rings (SSSR count). The molecule has 6 nitrogen and oxygen atoms in total. The van der Waals surface area contributed by atoms with Crippen LogP contribution in [0.1, 0.15) is 0 Å². The summed E-state index contributed by atoms with van der Waals surface area (Å²) in [5.74, 6) is -0.999. The molecule has 0 N–H and O–H groups in total. The highest BCUT2D eigenvalue weighted by atomic mass is 16.6. The van der Waals surface area contributed by atoms with Gasteiger partial charge in [0.15, 0.2) is 0 Å². The van der Waals surface area contributed by atoms with E-state index < -0.39 is 11.9 Å². The molecule has 0 aromatic carbocycles. The predicted molar refractivity (Wildman–Crippen MR) is 61.8 cm³/mol. The van der Waals surface area contributed by atoms with Crippen LogP contribution in [0.25, 0.3) is 0 Å². The van der Waals surface area contributed by atoms with Crippen molar-refractivity contribution in [2.24, 2.45) is 0 Å². The minimum atomic E-state index is -0.499. The van der Waals surface area contributed by atoms with Gasteiger partial charge in [0.05, 0.1) is 13.2 Å². The van der Waals surface area contributed by atoms with E-state index in [0.717, 1.165) is 12.2 Å². The van der Waals surface area contributed by atoms with E-state index in [2.05, 4.69) is 13.2 Å². The molecule has 0 saturated carbocycles. The van der Waals surface area contributed by atoms with E-state index in [0.29, 0.717) is 0 Å². The molecule has 2 unspecified atom stereocenters. The molecular weight excluding hydrogens is 240 g/mol. The first-order valence-electron chi connectivity index (χ1n) is 5.47. The van der Waals surface area contributed by atoms with Crippen molar-refractivity contribution >= 4 is 11.9 Å². The first kappa shape index (κ1) is 14.4. The number of ether oxygens (including phenoxy) is 4. The van der Waals surface area contributed by atoms with Gasteiger partial charge in [0.2, 0.25) is 0 Å². The number of hydrogen-bond donors (Lipinski definition) is 0. The largest absolute Gasteiger partial charge is 0.460 e. The molecule has 0 amide bonds. The van der Waals surface area contributed by atoms with Crippen LogP contribution >= 0.6 is 0 Å². The lowest BCUT2D eigenvalue weighted by Crippen LogP contribution is -2.40. The molecule has 1 heterocycles. The van der Waals surface area contributed by atoms with E-state index in [9.17, 15) is 9.59 Å². The second kappa shape index (κ2) is 7.62. The van der Waals surface area contributed by atoms with Crippen LogP contribution in [0.4, 0.5) is 0 Å². The molecule has 0 bridgehead atoms. The Kier molecular flexibility index (Phi) is 6.10. The summed E-state index contributed by atoms with van der Waals surface area (Å²) in [6.45, 7) is 7.35. The third kappa shape index (κ3) is 5.11. The Balaban J connectivity index is 2.16. The Labute approximate surface area is 105 Å². The molecule has 0 aliphatic carbocycles. The SMILES string of the molecule is C=CC(=O)OCC1COC(COC(=O)C=C)CO1. The first-order chi connectivity index (χ1) is 8.65. The molecule has 0 spiro atoms. The van der Waals surface area contributed by atoms with Crippen molar-refractivity contribution in [3.05, 3.63) is 25.3 Å². The van der Waals surface area contributed by atoms with Crippen molar-refractivity contribution in [3.63, 3.8) is 0 Å². The Bertz CT molecular complexity index is 285. The van der Waals surface area contributed by atoms with Crippen molar-refractivity contribution < 1.29 is 28.5 Å². The zero-order chi connectivity index (χ0) is 13.4. The fourth-order valence-electron chi connectivity index (χ4n) is 1.24. The molecule has 6 heteroatoms.